The fourth-order valence-corrected chi connectivity index (χ4v) is 5.61. The van der Waals surface area contributed by atoms with Gasteiger partial charge in [-0.25, -0.2) is 17.2 Å². The van der Waals surface area contributed by atoms with E-state index in [0.29, 0.717) is 29.9 Å². The summed E-state index contributed by atoms with van der Waals surface area (Å²) in [6.45, 7) is 7.20. The molecule has 0 unspecified atom stereocenters. The lowest BCUT2D eigenvalue weighted by atomic mass is 9.99. The molecule has 244 valence electrons. The molecule has 0 saturated carbocycles. The number of rotatable bonds is 16. The number of sulfonamides is 1. The molecule has 0 saturated heterocycles. The highest BCUT2D eigenvalue weighted by Crippen LogP contribution is 2.17. The van der Waals surface area contributed by atoms with E-state index in [0.717, 1.165) is 42.9 Å². The van der Waals surface area contributed by atoms with Crippen molar-refractivity contribution in [2.45, 2.75) is 58.7 Å². The molecule has 0 radical (unpaired) electrons. The fraction of sp³-hybridized carbons (Fsp3) is 0.394. The lowest BCUT2D eigenvalue weighted by molar-refractivity contribution is 0.0755. The van der Waals surface area contributed by atoms with Gasteiger partial charge in [-0.3, -0.25) is 14.3 Å². The SMILES string of the molecule is CCCN(CCC)C(=O)c1cc(C)cc(C(=O)N[C@@H](Cc2cc(F)cc(F)c2)[C@H](O)CNCc2cccc(NS(C)(=O)=O)c2)c1. The zero-order valence-electron chi connectivity index (χ0n) is 26.1. The maximum atomic E-state index is 14.0. The first-order valence-corrected chi connectivity index (χ1v) is 16.8. The van der Waals surface area contributed by atoms with Crippen molar-refractivity contribution in [3.8, 4) is 0 Å². The van der Waals surface area contributed by atoms with Crippen molar-refractivity contribution >= 4 is 27.5 Å². The number of hydrogen-bond donors (Lipinski definition) is 4. The highest BCUT2D eigenvalue weighted by Gasteiger charge is 2.24. The van der Waals surface area contributed by atoms with Crippen molar-refractivity contribution in [2.75, 3.05) is 30.6 Å². The van der Waals surface area contributed by atoms with E-state index < -0.39 is 39.7 Å². The van der Waals surface area contributed by atoms with Crippen LogP contribution >= 0.6 is 0 Å². The molecule has 0 aliphatic rings. The molecule has 2 atom stereocenters. The van der Waals surface area contributed by atoms with Crippen LogP contribution in [0.25, 0.3) is 0 Å². The lowest BCUT2D eigenvalue weighted by Crippen LogP contribution is -2.48. The van der Waals surface area contributed by atoms with E-state index in [2.05, 4.69) is 15.4 Å². The number of nitrogens with one attached hydrogen (secondary N) is 3. The van der Waals surface area contributed by atoms with Crippen molar-refractivity contribution in [3.63, 3.8) is 0 Å². The van der Waals surface area contributed by atoms with Gasteiger partial charge in [0.25, 0.3) is 11.8 Å². The number of aliphatic hydroxyl groups is 1. The van der Waals surface area contributed by atoms with Crippen LogP contribution in [0, 0.1) is 18.6 Å². The van der Waals surface area contributed by atoms with Gasteiger partial charge in [0.1, 0.15) is 11.6 Å². The fourth-order valence-electron chi connectivity index (χ4n) is 5.06. The van der Waals surface area contributed by atoms with Crippen molar-refractivity contribution in [2.24, 2.45) is 0 Å². The summed E-state index contributed by atoms with van der Waals surface area (Å²) in [5.41, 5.74) is 2.67. The van der Waals surface area contributed by atoms with Crippen molar-refractivity contribution in [3.05, 3.63) is 100 Å². The second kappa shape index (κ2) is 16.4. The Hall–Kier alpha value is -3.87. The number of carbonyl (C=O) groups is 2. The smallest absolute Gasteiger partial charge is 0.253 e. The third-order valence-corrected chi connectivity index (χ3v) is 7.54. The maximum absolute atomic E-state index is 14.0. The molecular weight excluding hydrogens is 602 g/mol. The first-order valence-electron chi connectivity index (χ1n) is 14.9. The van der Waals surface area contributed by atoms with E-state index in [-0.39, 0.29) is 36.5 Å². The minimum absolute atomic E-state index is 0.00692. The number of aryl methyl sites for hydroxylation is 1. The van der Waals surface area contributed by atoms with Crippen molar-refractivity contribution in [1.29, 1.82) is 0 Å². The molecule has 0 spiro atoms. The van der Waals surface area contributed by atoms with E-state index in [1.165, 1.54) is 6.07 Å². The first-order chi connectivity index (χ1) is 21.3. The Morgan fingerprint density at radius 3 is 2.18 bits per heavy atom. The molecule has 9 nitrogen and oxygen atoms in total. The molecule has 0 aliphatic carbocycles. The van der Waals surface area contributed by atoms with Gasteiger partial charge in [-0.2, -0.15) is 0 Å². The second-order valence-corrected chi connectivity index (χ2v) is 13.0. The van der Waals surface area contributed by atoms with Crippen LogP contribution in [0.15, 0.2) is 60.7 Å². The predicted molar refractivity (Wildman–Crippen MR) is 172 cm³/mol. The summed E-state index contributed by atoms with van der Waals surface area (Å²) in [5, 5.41) is 17.0. The third-order valence-electron chi connectivity index (χ3n) is 6.93. The van der Waals surface area contributed by atoms with Crippen LogP contribution < -0.4 is 15.4 Å². The first kappa shape index (κ1) is 35.6. The van der Waals surface area contributed by atoms with Gasteiger partial charge in [0.2, 0.25) is 10.0 Å². The van der Waals surface area contributed by atoms with Gasteiger partial charge in [0.05, 0.1) is 18.4 Å². The number of amides is 2. The number of halogens is 2. The zero-order chi connectivity index (χ0) is 33.1. The molecule has 0 aromatic heterocycles. The molecule has 3 aromatic rings. The van der Waals surface area contributed by atoms with Gasteiger partial charge in [-0.05, 0) is 85.3 Å². The van der Waals surface area contributed by atoms with Crippen molar-refractivity contribution in [1.82, 2.24) is 15.5 Å². The largest absolute Gasteiger partial charge is 0.390 e. The predicted octanol–water partition coefficient (Wildman–Crippen LogP) is 4.40. The highest BCUT2D eigenvalue weighted by molar-refractivity contribution is 7.92. The Morgan fingerprint density at radius 1 is 0.911 bits per heavy atom. The Kier molecular flexibility index (Phi) is 13.0. The van der Waals surface area contributed by atoms with Crippen LogP contribution in [0.1, 0.15) is 64.1 Å². The summed E-state index contributed by atoms with van der Waals surface area (Å²) in [6, 6.07) is 13.7. The lowest BCUT2D eigenvalue weighted by Gasteiger charge is -2.25. The minimum atomic E-state index is -3.45. The molecule has 3 rings (SSSR count). The standard InChI is InChI=1S/C33H42F2N4O5S/c1-5-10-39(11-6-2)33(42)26-13-22(3)12-25(18-26)32(41)37-30(17-24-14-27(34)19-28(35)15-24)31(40)21-36-20-23-8-7-9-29(16-23)38-45(4,43)44/h7-9,12-16,18-19,30-31,36,38,40H,5-6,10-11,17,20-21H2,1-4H3,(H,37,41)/t30-,31+/m0/s1. The molecule has 0 heterocycles. The zero-order valence-corrected chi connectivity index (χ0v) is 26.9. The maximum Gasteiger partial charge on any atom is 0.253 e. The Balaban J connectivity index is 1.80. The van der Waals surface area contributed by atoms with E-state index in [1.807, 2.05) is 13.8 Å². The minimum Gasteiger partial charge on any atom is -0.390 e. The number of hydrogen-bond acceptors (Lipinski definition) is 6. The topological polar surface area (TPSA) is 128 Å². The van der Waals surface area contributed by atoms with Crippen LogP contribution in [0.2, 0.25) is 0 Å². The number of benzene rings is 3. The average molecular weight is 645 g/mol. The number of anilines is 1. The normalized spacial score (nSPS) is 12.8. The van der Waals surface area contributed by atoms with Gasteiger partial charge in [-0.15, -0.1) is 0 Å². The number of carbonyl (C=O) groups excluding carboxylic acids is 2. The van der Waals surface area contributed by atoms with Gasteiger partial charge in [0.15, 0.2) is 0 Å². The second-order valence-electron chi connectivity index (χ2n) is 11.2. The van der Waals surface area contributed by atoms with Crippen molar-refractivity contribution < 1.29 is 31.9 Å². The summed E-state index contributed by atoms with van der Waals surface area (Å²) in [6.07, 6.45) is 1.38. The summed E-state index contributed by atoms with van der Waals surface area (Å²) in [5.74, 6) is -2.29. The molecular formula is C33H42F2N4O5S. The molecule has 3 aromatic carbocycles. The van der Waals surface area contributed by atoms with Crippen LogP contribution in [-0.2, 0) is 23.0 Å². The summed E-state index contributed by atoms with van der Waals surface area (Å²) < 4.78 is 53.5. The average Bonchev–Trinajstić information content (AvgIpc) is 2.94. The van der Waals surface area contributed by atoms with Gasteiger partial charge < -0.3 is 20.6 Å². The van der Waals surface area contributed by atoms with E-state index >= 15 is 0 Å². The van der Waals surface area contributed by atoms with Gasteiger partial charge in [0, 0.05) is 49.1 Å². The number of aliphatic hydroxyl groups excluding tert-OH is 1. The molecule has 0 fully saturated rings. The molecule has 0 bridgehead atoms. The van der Waals surface area contributed by atoms with Crippen LogP contribution in [0.5, 0.6) is 0 Å². The third kappa shape index (κ3) is 11.5. The van der Waals surface area contributed by atoms with Gasteiger partial charge in [-0.1, -0.05) is 26.0 Å². The molecule has 4 N–H and O–H groups in total. The molecule has 0 aliphatic heterocycles. The summed E-state index contributed by atoms with van der Waals surface area (Å²) in [4.78, 5) is 28.5. The van der Waals surface area contributed by atoms with Gasteiger partial charge >= 0.3 is 0 Å². The van der Waals surface area contributed by atoms with Crippen LogP contribution in [0.3, 0.4) is 0 Å². The monoisotopic (exact) mass is 644 g/mol. The molecule has 45 heavy (non-hydrogen) atoms. The van der Waals surface area contributed by atoms with Crippen LogP contribution in [-0.4, -0.2) is 68.3 Å². The van der Waals surface area contributed by atoms with E-state index in [9.17, 15) is 31.9 Å². The highest BCUT2D eigenvalue weighted by atomic mass is 32.2. The molecule has 2 amide bonds. The Bertz CT molecular complexity index is 1560. The number of nitrogens with zero attached hydrogens (tertiary/aromatic N) is 1. The Morgan fingerprint density at radius 2 is 1.56 bits per heavy atom. The quantitative estimate of drug-likeness (QED) is 0.183. The van der Waals surface area contributed by atoms with E-state index in [4.69, 9.17) is 0 Å². The summed E-state index contributed by atoms with van der Waals surface area (Å²) >= 11 is 0. The molecule has 12 heteroatoms. The summed E-state index contributed by atoms with van der Waals surface area (Å²) in [7, 11) is -3.45. The van der Waals surface area contributed by atoms with Crippen LogP contribution in [0.4, 0.5) is 14.5 Å². The van der Waals surface area contributed by atoms with E-state index in [1.54, 1.807) is 48.2 Å². The Labute approximate surface area is 264 Å².